The van der Waals surface area contributed by atoms with Gasteiger partial charge in [0.1, 0.15) is 5.75 Å². The van der Waals surface area contributed by atoms with E-state index in [2.05, 4.69) is 15.1 Å². The van der Waals surface area contributed by atoms with Crippen molar-refractivity contribution in [3.8, 4) is 5.75 Å². The highest BCUT2D eigenvalue weighted by Crippen LogP contribution is 2.28. The van der Waals surface area contributed by atoms with Gasteiger partial charge in [-0.15, -0.1) is 5.10 Å². The van der Waals surface area contributed by atoms with E-state index in [1.165, 1.54) is 0 Å². The van der Waals surface area contributed by atoms with E-state index in [-0.39, 0.29) is 23.9 Å². The molecule has 1 N–H and O–H groups in total. The lowest BCUT2D eigenvalue weighted by atomic mass is 10.1. The number of alkyl halides is 3. The van der Waals surface area contributed by atoms with Crippen LogP contribution < -0.4 is 4.90 Å². The van der Waals surface area contributed by atoms with Gasteiger partial charge < -0.3 is 14.9 Å². The highest BCUT2D eigenvalue weighted by atomic mass is 19.4. The summed E-state index contributed by atoms with van der Waals surface area (Å²) in [6.45, 7) is 5.62. The molecule has 1 aliphatic heterocycles. The van der Waals surface area contributed by atoms with Crippen molar-refractivity contribution in [2.45, 2.75) is 32.9 Å². The van der Waals surface area contributed by atoms with Gasteiger partial charge >= 0.3 is 6.18 Å². The Morgan fingerprint density at radius 2 is 1.78 bits per heavy atom. The number of phenolic OH excluding ortho intramolecular Hbond substituents is 1. The van der Waals surface area contributed by atoms with Crippen molar-refractivity contribution in [2.24, 2.45) is 0 Å². The number of rotatable bonds is 4. The second-order valence-corrected chi connectivity index (χ2v) is 7.76. The Morgan fingerprint density at radius 3 is 2.44 bits per heavy atom. The first-order valence-electron chi connectivity index (χ1n) is 10.3. The molecule has 1 aliphatic rings. The number of para-hydroxylation sites is 2. The van der Waals surface area contributed by atoms with E-state index in [4.69, 9.17) is 0 Å². The zero-order valence-corrected chi connectivity index (χ0v) is 17.7. The number of carbonyl (C=O) groups is 1. The highest BCUT2D eigenvalue weighted by Gasteiger charge is 2.37. The van der Waals surface area contributed by atoms with E-state index in [0.717, 1.165) is 10.2 Å². The zero-order chi connectivity index (χ0) is 23.0. The molecule has 0 unspecified atom stereocenters. The number of aromatic nitrogens is 4. The number of amides is 1. The molecule has 3 aromatic rings. The van der Waals surface area contributed by atoms with Crippen LogP contribution in [0.5, 0.6) is 5.75 Å². The Kier molecular flexibility index (Phi) is 5.66. The standard InChI is InChI=1S/C21H23F3N6O2/c1-13-15(14(2)30-20(25-13)26-19(27-30)21(22,23)24)7-8-18(32)29-11-9-28(10-12-29)16-5-3-4-6-17(16)31/h3-6,31H,7-12H2,1-2H3. The molecule has 4 rings (SSSR count). The lowest BCUT2D eigenvalue weighted by molar-refractivity contribution is -0.144. The molecule has 8 nitrogen and oxygen atoms in total. The Labute approximate surface area is 182 Å². The summed E-state index contributed by atoms with van der Waals surface area (Å²) >= 11 is 0. The summed E-state index contributed by atoms with van der Waals surface area (Å²) in [5, 5.41) is 13.6. The van der Waals surface area contributed by atoms with Gasteiger partial charge in [0, 0.05) is 44.0 Å². The molecule has 0 radical (unpaired) electrons. The van der Waals surface area contributed by atoms with Crippen LogP contribution in [0.15, 0.2) is 24.3 Å². The van der Waals surface area contributed by atoms with Gasteiger partial charge in [0.25, 0.3) is 11.6 Å². The summed E-state index contributed by atoms with van der Waals surface area (Å²) in [6, 6.07) is 7.10. The Hall–Kier alpha value is -3.37. The van der Waals surface area contributed by atoms with Gasteiger partial charge in [-0.25, -0.2) is 9.50 Å². The van der Waals surface area contributed by atoms with Crippen LogP contribution in [-0.4, -0.2) is 61.7 Å². The van der Waals surface area contributed by atoms with Gasteiger partial charge in [-0.2, -0.15) is 18.2 Å². The van der Waals surface area contributed by atoms with Gasteiger partial charge in [-0.3, -0.25) is 4.79 Å². The normalized spacial score (nSPS) is 14.9. The van der Waals surface area contributed by atoms with Crippen LogP contribution >= 0.6 is 0 Å². The Morgan fingerprint density at radius 1 is 1.09 bits per heavy atom. The average Bonchev–Trinajstić information content (AvgIpc) is 3.19. The van der Waals surface area contributed by atoms with Crippen molar-refractivity contribution in [2.75, 3.05) is 31.1 Å². The third-order valence-corrected chi connectivity index (χ3v) is 5.75. The van der Waals surface area contributed by atoms with Gasteiger partial charge in [-0.1, -0.05) is 12.1 Å². The number of halogens is 3. The van der Waals surface area contributed by atoms with Crippen LogP contribution in [0.4, 0.5) is 18.9 Å². The summed E-state index contributed by atoms with van der Waals surface area (Å²) in [7, 11) is 0. The Bertz CT molecular complexity index is 1150. The zero-order valence-electron chi connectivity index (χ0n) is 17.7. The number of hydrogen-bond donors (Lipinski definition) is 1. The maximum absolute atomic E-state index is 12.9. The summed E-state index contributed by atoms with van der Waals surface area (Å²) in [5.74, 6) is -1.16. The molecular formula is C21H23F3N6O2. The van der Waals surface area contributed by atoms with Crippen LogP contribution in [0.25, 0.3) is 5.78 Å². The summed E-state index contributed by atoms with van der Waals surface area (Å²) in [6.07, 6.45) is -4.09. The van der Waals surface area contributed by atoms with Crippen LogP contribution in [-0.2, 0) is 17.4 Å². The number of carbonyl (C=O) groups excluding carboxylic acids is 1. The second-order valence-electron chi connectivity index (χ2n) is 7.76. The topological polar surface area (TPSA) is 86.9 Å². The number of piperazine rings is 1. The maximum Gasteiger partial charge on any atom is 0.453 e. The molecule has 32 heavy (non-hydrogen) atoms. The first-order valence-corrected chi connectivity index (χ1v) is 10.3. The molecular weight excluding hydrogens is 425 g/mol. The lowest BCUT2D eigenvalue weighted by Crippen LogP contribution is -2.48. The number of nitrogens with zero attached hydrogens (tertiary/aromatic N) is 6. The molecule has 11 heteroatoms. The third-order valence-electron chi connectivity index (χ3n) is 5.75. The number of benzene rings is 1. The average molecular weight is 448 g/mol. The molecule has 3 heterocycles. The predicted molar refractivity (Wildman–Crippen MR) is 110 cm³/mol. The van der Waals surface area contributed by atoms with Crippen molar-refractivity contribution in [3.05, 3.63) is 47.0 Å². The largest absolute Gasteiger partial charge is 0.506 e. The first kappa shape index (κ1) is 21.8. The molecule has 1 fully saturated rings. The minimum atomic E-state index is -4.65. The van der Waals surface area contributed by atoms with Crippen molar-refractivity contribution in [1.29, 1.82) is 0 Å². The quantitative estimate of drug-likeness (QED) is 0.661. The summed E-state index contributed by atoms with van der Waals surface area (Å²) in [4.78, 5) is 24.2. The SMILES string of the molecule is Cc1nc2nc(C(F)(F)F)nn2c(C)c1CCC(=O)N1CCN(c2ccccc2O)CC1. The number of fused-ring (bicyclic) bond motifs is 1. The molecule has 0 aliphatic carbocycles. The minimum Gasteiger partial charge on any atom is -0.506 e. The predicted octanol–water partition coefficient (Wildman–Crippen LogP) is 2.75. The van der Waals surface area contributed by atoms with Crippen molar-refractivity contribution < 1.29 is 23.1 Å². The smallest absolute Gasteiger partial charge is 0.453 e. The number of anilines is 1. The minimum absolute atomic E-state index is 0.0320. The van der Waals surface area contributed by atoms with Crippen molar-refractivity contribution in [3.63, 3.8) is 0 Å². The molecule has 0 saturated carbocycles. The Balaban J connectivity index is 1.41. The molecule has 0 atom stereocenters. The third kappa shape index (κ3) is 4.19. The van der Waals surface area contributed by atoms with Gasteiger partial charge in [-0.05, 0) is 38.0 Å². The molecule has 2 aromatic heterocycles. The van der Waals surface area contributed by atoms with Crippen LogP contribution in [0.1, 0.15) is 29.2 Å². The van der Waals surface area contributed by atoms with Gasteiger partial charge in [0.15, 0.2) is 0 Å². The van der Waals surface area contributed by atoms with Crippen LogP contribution in [0, 0.1) is 13.8 Å². The van der Waals surface area contributed by atoms with E-state index >= 15 is 0 Å². The fraction of sp³-hybridized carbons (Fsp3) is 0.429. The highest BCUT2D eigenvalue weighted by molar-refractivity contribution is 5.77. The second kappa shape index (κ2) is 8.29. The van der Waals surface area contributed by atoms with Crippen LogP contribution in [0.2, 0.25) is 0 Å². The van der Waals surface area contributed by atoms with Crippen molar-refractivity contribution >= 4 is 17.4 Å². The van der Waals surface area contributed by atoms with E-state index in [9.17, 15) is 23.1 Å². The lowest BCUT2D eigenvalue weighted by Gasteiger charge is -2.36. The van der Waals surface area contributed by atoms with Gasteiger partial charge in [0.2, 0.25) is 5.91 Å². The number of hydrogen-bond acceptors (Lipinski definition) is 6. The molecule has 1 saturated heterocycles. The molecule has 170 valence electrons. The summed E-state index contributed by atoms with van der Waals surface area (Å²) < 4.78 is 39.9. The fourth-order valence-electron chi connectivity index (χ4n) is 4.01. The number of aryl methyl sites for hydroxylation is 2. The van der Waals surface area contributed by atoms with Gasteiger partial charge in [0.05, 0.1) is 5.69 Å². The fourth-order valence-corrected chi connectivity index (χ4v) is 4.01. The molecule has 0 spiro atoms. The van der Waals surface area contributed by atoms with Crippen molar-refractivity contribution in [1.82, 2.24) is 24.5 Å². The molecule has 0 bridgehead atoms. The monoisotopic (exact) mass is 448 g/mol. The van der Waals surface area contributed by atoms with E-state index in [0.29, 0.717) is 49.6 Å². The maximum atomic E-state index is 12.9. The van der Waals surface area contributed by atoms with Crippen LogP contribution in [0.3, 0.4) is 0 Å². The van der Waals surface area contributed by atoms with E-state index < -0.39 is 12.0 Å². The number of aromatic hydroxyl groups is 1. The summed E-state index contributed by atoms with van der Waals surface area (Å²) in [5.41, 5.74) is 2.47. The number of phenols is 1. The van der Waals surface area contributed by atoms with E-state index in [1.54, 1.807) is 30.9 Å². The molecule has 1 amide bonds. The first-order chi connectivity index (χ1) is 15.1. The van der Waals surface area contributed by atoms with E-state index in [1.807, 2.05) is 17.0 Å². The molecule has 1 aromatic carbocycles.